The first-order chi connectivity index (χ1) is 10.8. The van der Waals surface area contributed by atoms with Gasteiger partial charge in [-0.05, 0) is 64.0 Å². The van der Waals surface area contributed by atoms with Crippen LogP contribution in [-0.2, 0) is 17.7 Å². The Hall–Kier alpha value is -1.55. The third kappa shape index (κ3) is 7.04. The fourth-order valence-electron chi connectivity index (χ4n) is 2.49. The number of hydrogen-bond acceptors (Lipinski definition) is 3. The van der Waals surface area contributed by atoms with E-state index >= 15 is 0 Å². The summed E-state index contributed by atoms with van der Waals surface area (Å²) in [7, 11) is 0. The summed E-state index contributed by atoms with van der Waals surface area (Å²) in [6, 6.07) is 9.21. The third-order valence-electron chi connectivity index (χ3n) is 4.06. The van der Waals surface area contributed by atoms with E-state index in [1.165, 1.54) is 24.0 Å². The molecule has 1 aromatic carbocycles. The lowest BCUT2D eigenvalue weighted by atomic mass is 10.1. The van der Waals surface area contributed by atoms with E-state index in [-0.39, 0.29) is 6.09 Å². The van der Waals surface area contributed by atoms with Crippen LogP contribution in [0.15, 0.2) is 24.3 Å². The zero-order valence-corrected chi connectivity index (χ0v) is 14.8. The van der Waals surface area contributed by atoms with Gasteiger partial charge in [0.15, 0.2) is 0 Å². The maximum absolute atomic E-state index is 11.6. The fraction of sp³-hybridized carbons (Fsp3) is 0.632. The summed E-state index contributed by atoms with van der Waals surface area (Å²) in [6.07, 6.45) is 3.20. The van der Waals surface area contributed by atoms with Gasteiger partial charge in [0.05, 0.1) is 0 Å². The van der Waals surface area contributed by atoms with Crippen LogP contribution in [-0.4, -0.2) is 24.3 Å². The predicted molar refractivity (Wildman–Crippen MR) is 93.4 cm³/mol. The van der Waals surface area contributed by atoms with Crippen molar-refractivity contribution in [1.29, 1.82) is 0 Å². The molecule has 0 aliphatic heterocycles. The van der Waals surface area contributed by atoms with Crippen molar-refractivity contribution in [1.82, 2.24) is 10.6 Å². The van der Waals surface area contributed by atoms with E-state index in [0.717, 1.165) is 18.9 Å². The molecule has 1 saturated carbocycles. The zero-order valence-electron chi connectivity index (χ0n) is 14.8. The molecule has 2 N–H and O–H groups in total. The first kappa shape index (κ1) is 17.8. The van der Waals surface area contributed by atoms with Crippen LogP contribution in [0.3, 0.4) is 0 Å². The van der Waals surface area contributed by atoms with Gasteiger partial charge in [0.1, 0.15) is 5.60 Å². The molecule has 23 heavy (non-hydrogen) atoms. The molecule has 1 aliphatic rings. The highest BCUT2D eigenvalue weighted by molar-refractivity contribution is 5.67. The number of hydrogen-bond donors (Lipinski definition) is 2. The van der Waals surface area contributed by atoms with Crippen LogP contribution in [0.4, 0.5) is 4.79 Å². The van der Waals surface area contributed by atoms with Crippen molar-refractivity contribution in [2.45, 2.75) is 65.1 Å². The molecule has 0 aromatic heterocycles. The minimum Gasteiger partial charge on any atom is -0.444 e. The van der Waals surface area contributed by atoms with E-state index in [1.807, 2.05) is 20.8 Å². The molecule has 1 fully saturated rings. The fourth-order valence-corrected chi connectivity index (χ4v) is 2.49. The van der Waals surface area contributed by atoms with Gasteiger partial charge in [-0.15, -0.1) is 0 Å². The van der Waals surface area contributed by atoms with Crippen molar-refractivity contribution >= 4 is 6.09 Å². The normalized spacial score (nSPS) is 16.0. The van der Waals surface area contributed by atoms with E-state index < -0.39 is 5.60 Å². The van der Waals surface area contributed by atoms with Gasteiger partial charge in [0, 0.05) is 19.1 Å². The molecule has 1 unspecified atom stereocenters. The highest BCUT2D eigenvalue weighted by Gasteiger charge is 2.27. The summed E-state index contributed by atoms with van der Waals surface area (Å²) < 4.78 is 5.22. The number of amides is 1. The molecular formula is C19H30N2O2. The molecular weight excluding hydrogens is 288 g/mol. The van der Waals surface area contributed by atoms with E-state index in [1.54, 1.807) is 0 Å². The Kier molecular flexibility index (Phi) is 6.05. The lowest BCUT2D eigenvalue weighted by molar-refractivity contribution is 0.0528. The summed E-state index contributed by atoms with van der Waals surface area (Å²) >= 11 is 0. The van der Waals surface area contributed by atoms with E-state index in [9.17, 15) is 4.79 Å². The topological polar surface area (TPSA) is 50.4 Å². The Morgan fingerprint density at radius 1 is 1.22 bits per heavy atom. The Balaban J connectivity index is 1.67. The number of benzene rings is 1. The van der Waals surface area contributed by atoms with Gasteiger partial charge >= 0.3 is 6.09 Å². The van der Waals surface area contributed by atoms with E-state index in [0.29, 0.717) is 12.6 Å². The SMILES string of the molecule is CC(NCc1ccc(CCNC(=O)OC(C)(C)C)cc1)C1CC1. The molecule has 1 aliphatic carbocycles. The van der Waals surface area contributed by atoms with Crippen LogP contribution in [0.1, 0.15) is 51.7 Å². The summed E-state index contributed by atoms with van der Waals surface area (Å²) in [4.78, 5) is 11.6. The molecule has 0 bridgehead atoms. The molecule has 1 amide bonds. The number of carbonyl (C=O) groups excluding carboxylic acids is 1. The minimum absolute atomic E-state index is 0.354. The van der Waals surface area contributed by atoms with Gasteiger partial charge in [0.25, 0.3) is 0 Å². The zero-order chi connectivity index (χ0) is 16.9. The summed E-state index contributed by atoms with van der Waals surface area (Å²) in [6.45, 7) is 9.38. The first-order valence-corrected chi connectivity index (χ1v) is 8.61. The molecule has 0 spiro atoms. The van der Waals surface area contributed by atoms with Crippen LogP contribution in [0.25, 0.3) is 0 Å². The molecule has 1 aromatic rings. The highest BCUT2D eigenvalue weighted by atomic mass is 16.6. The van der Waals surface area contributed by atoms with Crippen molar-refractivity contribution in [3.05, 3.63) is 35.4 Å². The van der Waals surface area contributed by atoms with Crippen molar-refractivity contribution in [2.75, 3.05) is 6.54 Å². The lowest BCUT2D eigenvalue weighted by Gasteiger charge is -2.19. The number of carbonyl (C=O) groups is 1. The van der Waals surface area contributed by atoms with Gasteiger partial charge < -0.3 is 15.4 Å². The van der Waals surface area contributed by atoms with Gasteiger partial charge in [-0.2, -0.15) is 0 Å². The van der Waals surface area contributed by atoms with Crippen molar-refractivity contribution in [3.8, 4) is 0 Å². The van der Waals surface area contributed by atoms with Crippen LogP contribution in [0.5, 0.6) is 0 Å². The first-order valence-electron chi connectivity index (χ1n) is 8.61. The second-order valence-electron chi connectivity index (χ2n) is 7.50. The Morgan fingerprint density at radius 2 is 1.83 bits per heavy atom. The van der Waals surface area contributed by atoms with Crippen LogP contribution >= 0.6 is 0 Å². The molecule has 4 heteroatoms. The predicted octanol–water partition coefficient (Wildman–Crippen LogP) is 3.64. The van der Waals surface area contributed by atoms with Crippen molar-refractivity contribution < 1.29 is 9.53 Å². The summed E-state index contributed by atoms with van der Waals surface area (Å²) in [5, 5.41) is 6.37. The smallest absolute Gasteiger partial charge is 0.407 e. The molecule has 0 radical (unpaired) electrons. The Morgan fingerprint density at radius 3 is 2.39 bits per heavy atom. The van der Waals surface area contributed by atoms with Crippen LogP contribution < -0.4 is 10.6 Å². The summed E-state index contributed by atoms with van der Waals surface area (Å²) in [5.74, 6) is 0.883. The number of rotatable bonds is 7. The van der Waals surface area contributed by atoms with Crippen molar-refractivity contribution in [2.24, 2.45) is 5.92 Å². The van der Waals surface area contributed by atoms with Gasteiger partial charge in [-0.1, -0.05) is 24.3 Å². The maximum atomic E-state index is 11.6. The molecule has 1 atom stereocenters. The second-order valence-corrected chi connectivity index (χ2v) is 7.50. The monoisotopic (exact) mass is 318 g/mol. The molecule has 128 valence electrons. The van der Waals surface area contributed by atoms with Crippen LogP contribution in [0.2, 0.25) is 0 Å². The number of alkyl carbamates (subject to hydrolysis) is 1. The van der Waals surface area contributed by atoms with Crippen molar-refractivity contribution in [3.63, 3.8) is 0 Å². The standard InChI is InChI=1S/C19H30N2O2/c1-14(17-9-10-17)21-13-16-7-5-15(6-8-16)11-12-20-18(22)23-19(2,3)4/h5-8,14,17,21H,9-13H2,1-4H3,(H,20,22). The lowest BCUT2D eigenvalue weighted by Crippen LogP contribution is -2.33. The second kappa shape index (κ2) is 7.82. The average molecular weight is 318 g/mol. The molecule has 0 heterocycles. The molecule has 0 saturated heterocycles. The van der Waals surface area contributed by atoms with E-state index in [2.05, 4.69) is 41.8 Å². The number of ether oxygens (including phenoxy) is 1. The van der Waals surface area contributed by atoms with Crippen LogP contribution in [0, 0.1) is 5.92 Å². The summed E-state index contributed by atoms with van der Waals surface area (Å²) in [5.41, 5.74) is 2.08. The minimum atomic E-state index is -0.448. The van der Waals surface area contributed by atoms with Gasteiger partial charge in [-0.3, -0.25) is 0 Å². The largest absolute Gasteiger partial charge is 0.444 e. The average Bonchev–Trinajstić information content (AvgIpc) is 3.29. The Bertz CT molecular complexity index is 501. The third-order valence-corrected chi connectivity index (χ3v) is 4.06. The molecule has 2 rings (SSSR count). The number of nitrogens with one attached hydrogen (secondary N) is 2. The quantitative estimate of drug-likeness (QED) is 0.807. The molecule has 4 nitrogen and oxygen atoms in total. The highest BCUT2D eigenvalue weighted by Crippen LogP contribution is 2.32. The van der Waals surface area contributed by atoms with Gasteiger partial charge in [0.2, 0.25) is 0 Å². The Labute approximate surface area is 140 Å². The van der Waals surface area contributed by atoms with E-state index in [4.69, 9.17) is 4.74 Å². The maximum Gasteiger partial charge on any atom is 0.407 e. The van der Waals surface area contributed by atoms with Gasteiger partial charge in [-0.25, -0.2) is 4.79 Å².